The molecule has 1 amide bonds. The number of benzene rings is 1. The first-order valence-electron chi connectivity index (χ1n) is 8.93. The molecule has 2 atom stereocenters. The lowest BCUT2D eigenvalue weighted by atomic mass is 10.0. The Morgan fingerprint density at radius 3 is 3.08 bits per heavy atom. The number of nitrogens with one attached hydrogen (secondary N) is 2. The molecule has 26 heavy (non-hydrogen) atoms. The van der Waals surface area contributed by atoms with Gasteiger partial charge >= 0.3 is 0 Å². The number of aromatic nitrogens is 4. The maximum Gasteiger partial charge on any atom is 0.273 e. The summed E-state index contributed by atoms with van der Waals surface area (Å²) in [5.41, 5.74) is 2.90. The van der Waals surface area contributed by atoms with Gasteiger partial charge in [0.2, 0.25) is 0 Å². The van der Waals surface area contributed by atoms with E-state index < -0.39 is 0 Å². The van der Waals surface area contributed by atoms with Crippen molar-refractivity contribution >= 4 is 16.8 Å². The highest BCUT2D eigenvalue weighted by Crippen LogP contribution is 2.18. The van der Waals surface area contributed by atoms with Crippen LogP contribution < -0.4 is 10.6 Å². The molecule has 2 N–H and O–H groups in total. The Hall–Kier alpha value is -2.80. The SMILES string of the molecule is Cc1c(C(=O)NC2CCNC(C)C2)nnn1-c1ccc2ncccc2c1. The van der Waals surface area contributed by atoms with E-state index in [2.05, 4.69) is 32.9 Å². The molecule has 1 aromatic carbocycles. The fourth-order valence-electron chi connectivity index (χ4n) is 3.50. The van der Waals surface area contributed by atoms with Crippen LogP contribution in [0.3, 0.4) is 0 Å². The van der Waals surface area contributed by atoms with Crippen LogP contribution in [0, 0.1) is 6.92 Å². The van der Waals surface area contributed by atoms with E-state index in [0.29, 0.717) is 11.7 Å². The van der Waals surface area contributed by atoms with Crippen LogP contribution >= 0.6 is 0 Å². The number of carbonyl (C=O) groups excluding carboxylic acids is 1. The molecule has 0 saturated carbocycles. The Labute approximate surface area is 151 Å². The van der Waals surface area contributed by atoms with Gasteiger partial charge in [0.1, 0.15) is 0 Å². The monoisotopic (exact) mass is 350 g/mol. The Morgan fingerprint density at radius 1 is 1.35 bits per heavy atom. The molecule has 1 fully saturated rings. The quantitative estimate of drug-likeness (QED) is 0.755. The smallest absolute Gasteiger partial charge is 0.273 e. The Morgan fingerprint density at radius 2 is 2.23 bits per heavy atom. The van der Waals surface area contributed by atoms with E-state index in [4.69, 9.17) is 0 Å². The van der Waals surface area contributed by atoms with Gasteiger partial charge in [0, 0.05) is 23.7 Å². The number of hydrogen-bond donors (Lipinski definition) is 2. The summed E-state index contributed by atoms with van der Waals surface area (Å²) in [4.78, 5) is 17.0. The summed E-state index contributed by atoms with van der Waals surface area (Å²) >= 11 is 0. The van der Waals surface area contributed by atoms with Crippen LogP contribution in [-0.4, -0.2) is 44.5 Å². The molecule has 0 aliphatic carbocycles. The largest absolute Gasteiger partial charge is 0.348 e. The third-order valence-electron chi connectivity index (χ3n) is 4.90. The van der Waals surface area contributed by atoms with Gasteiger partial charge in [0.25, 0.3) is 5.91 Å². The van der Waals surface area contributed by atoms with E-state index in [-0.39, 0.29) is 11.9 Å². The van der Waals surface area contributed by atoms with Gasteiger partial charge in [-0.15, -0.1) is 5.10 Å². The number of rotatable bonds is 3. The number of carbonyl (C=O) groups is 1. The highest BCUT2D eigenvalue weighted by Gasteiger charge is 2.23. The Balaban J connectivity index is 1.57. The maximum absolute atomic E-state index is 12.6. The number of fused-ring (bicyclic) bond motifs is 1. The summed E-state index contributed by atoms with van der Waals surface area (Å²) in [5.74, 6) is -0.157. The zero-order valence-corrected chi connectivity index (χ0v) is 14.9. The van der Waals surface area contributed by atoms with Gasteiger partial charge in [-0.25, -0.2) is 4.68 Å². The second kappa shape index (κ2) is 6.84. The summed E-state index contributed by atoms with van der Waals surface area (Å²) in [5, 5.41) is 15.8. The van der Waals surface area contributed by atoms with E-state index in [1.54, 1.807) is 10.9 Å². The zero-order chi connectivity index (χ0) is 18.1. The normalized spacial score (nSPS) is 20.2. The number of nitrogens with zero attached hydrogens (tertiary/aromatic N) is 4. The average Bonchev–Trinajstić information content (AvgIpc) is 3.03. The fraction of sp³-hybridized carbons (Fsp3) is 0.368. The van der Waals surface area contributed by atoms with Crippen molar-refractivity contribution in [2.24, 2.45) is 0 Å². The van der Waals surface area contributed by atoms with Crippen LogP contribution in [0.2, 0.25) is 0 Å². The lowest BCUT2D eigenvalue weighted by Gasteiger charge is -2.28. The summed E-state index contributed by atoms with van der Waals surface area (Å²) < 4.78 is 1.70. The van der Waals surface area contributed by atoms with Crippen molar-refractivity contribution < 1.29 is 4.79 Å². The molecule has 2 aromatic heterocycles. The number of amides is 1. The molecule has 7 nitrogen and oxygen atoms in total. The molecule has 4 rings (SSSR count). The minimum Gasteiger partial charge on any atom is -0.348 e. The highest BCUT2D eigenvalue weighted by atomic mass is 16.2. The molecule has 2 unspecified atom stereocenters. The second-order valence-electron chi connectivity index (χ2n) is 6.87. The van der Waals surface area contributed by atoms with Crippen LogP contribution in [0.4, 0.5) is 0 Å². The molecule has 3 aromatic rings. The number of pyridine rings is 1. The third-order valence-corrected chi connectivity index (χ3v) is 4.90. The zero-order valence-electron chi connectivity index (χ0n) is 14.9. The van der Waals surface area contributed by atoms with Crippen molar-refractivity contribution in [1.29, 1.82) is 0 Å². The minimum atomic E-state index is -0.157. The Bertz CT molecular complexity index is 950. The molecular weight excluding hydrogens is 328 g/mol. The molecule has 0 radical (unpaired) electrons. The minimum absolute atomic E-state index is 0.157. The van der Waals surface area contributed by atoms with Crippen molar-refractivity contribution in [3.8, 4) is 5.69 Å². The predicted molar refractivity (Wildman–Crippen MR) is 99.3 cm³/mol. The molecular formula is C19H22N6O. The van der Waals surface area contributed by atoms with E-state index in [1.165, 1.54) is 0 Å². The summed E-state index contributed by atoms with van der Waals surface area (Å²) in [7, 11) is 0. The predicted octanol–water partition coefficient (Wildman–Crippen LogP) is 1.99. The van der Waals surface area contributed by atoms with E-state index >= 15 is 0 Å². The van der Waals surface area contributed by atoms with Gasteiger partial charge in [0.05, 0.1) is 16.9 Å². The second-order valence-corrected chi connectivity index (χ2v) is 6.87. The topological polar surface area (TPSA) is 84.7 Å². The lowest BCUT2D eigenvalue weighted by Crippen LogP contribution is -2.46. The molecule has 1 aliphatic rings. The standard InChI is InChI=1S/C19H22N6O/c1-12-10-15(7-9-20-12)22-19(26)18-13(2)25(24-23-18)16-5-6-17-14(11-16)4-3-8-21-17/h3-6,8,11-12,15,20H,7,9-10H2,1-2H3,(H,22,26). The molecule has 1 saturated heterocycles. The van der Waals surface area contributed by atoms with Gasteiger partial charge in [-0.05, 0) is 57.5 Å². The molecule has 0 spiro atoms. The van der Waals surface area contributed by atoms with Crippen LogP contribution in [0.1, 0.15) is 35.9 Å². The van der Waals surface area contributed by atoms with Gasteiger partial charge in [-0.1, -0.05) is 11.3 Å². The first-order valence-corrected chi connectivity index (χ1v) is 8.93. The van der Waals surface area contributed by atoms with Crippen LogP contribution in [-0.2, 0) is 0 Å². The first kappa shape index (κ1) is 16.7. The molecule has 0 bridgehead atoms. The molecule has 7 heteroatoms. The van der Waals surface area contributed by atoms with Gasteiger partial charge in [0.15, 0.2) is 5.69 Å². The van der Waals surface area contributed by atoms with E-state index in [0.717, 1.165) is 41.7 Å². The summed E-state index contributed by atoms with van der Waals surface area (Å²) in [6.07, 6.45) is 3.63. The summed E-state index contributed by atoms with van der Waals surface area (Å²) in [6.45, 7) is 4.92. The first-order chi connectivity index (χ1) is 12.6. The molecule has 1 aliphatic heterocycles. The molecule has 3 heterocycles. The van der Waals surface area contributed by atoms with Crippen molar-refractivity contribution in [2.45, 2.75) is 38.8 Å². The average molecular weight is 350 g/mol. The number of hydrogen-bond acceptors (Lipinski definition) is 5. The van der Waals surface area contributed by atoms with Gasteiger partial charge < -0.3 is 10.6 Å². The van der Waals surface area contributed by atoms with Crippen LogP contribution in [0.5, 0.6) is 0 Å². The van der Waals surface area contributed by atoms with Crippen molar-refractivity contribution in [1.82, 2.24) is 30.6 Å². The Kier molecular flexibility index (Phi) is 4.38. The van der Waals surface area contributed by atoms with Crippen molar-refractivity contribution in [3.05, 3.63) is 47.9 Å². The summed E-state index contributed by atoms with van der Waals surface area (Å²) in [6, 6.07) is 10.4. The van der Waals surface area contributed by atoms with Gasteiger partial charge in [-0.3, -0.25) is 9.78 Å². The van der Waals surface area contributed by atoms with Gasteiger partial charge in [-0.2, -0.15) is 0 Å². The molecule has 134 valence electrons. The van der Waals surface area contributed by atoms with Crippen molar-refractivity contribution in [2.75, 3.05) is 6.54 Å². The maximum atomic E-state index is 12.6. The third kappa shape index (κ3) is 3.17. The fourth-order valence-corrected chi connectivity index (χ4v) is 3.50. The highest BCUT2D eigenvalue weighted by molar-refractivity contribution is 5.93. The van der Waals surface area contributed by atoms with E-state index in [9.17, 15) is 4.79 Å². The van der Waals surface area contributed by atoms with Crippen LogP contribution in [0.25, 0.3) is 16.6 Å². The van der Waals surface area contributed by atoms with E-state index in [1.807, 2.05) is 37.3 Å². The van der Waals surface area contributed by atoms with Crippen LogP contribution in [0.15, 0.2) is 36.5 Å². The van der Waals surface area contributed by atoms with Crippen molar-refractivity contribution in [3.63, 3.8) is 0 Å². The number of piperidine rings is 1. The lowest BCUT2D eigenvalue weighted by molar-refractivity contribution is 0.0920.